The highest BCUT2D eigenvalue weighted by Crippen LogP contribution is 2.09. The lowest BCUT2D eigenvalue weighted by Gasteiger charge is -2.13. The largest absolute Gasteiger partial charge is 0.355 e. The summed E-state index contributed by atoms with van der Waals surface area (Å²) >= 11 is 0. The van der Waals surface area contributed by atoms with Gasteiger partial charge >= 0.3 is 0 Å². The standard InChI is InChI=1S/C9H15N3O2/c13-8-3-6(4-11-8)9(14)12-7-1-2-10-5-7/h6-7,10H,1-5H2,(H,11,13)(H,12,14). The predicted molar refractivity (Wildman–Crippen MR) is 50.5 cm³/mol. The second kappa shape index (κ2) is 3.96. The van der Waals surface area contributed by atoms with Gasteiger partial charge in [-0.1, -0.05) is 0 Å². The molecule has 3 N–H and O–H groups in total. The van der Waals surface area contributed by atoms with Gasteiger partial charge in [0.25, 0.3) is 0 Å². The number of carbonyl (C=O) groups excluding carboxylic acids is 2. The number of rotatable bonds is 2. The maximum absolute atomic E-state index is 11.6. The summed E-state index contributed by atoms with van der Waals surface area (Å²) in [5.41, 5.74) is 0. The fraction of sp³-hybridized carbons (Fsp3) is 0.778. The Morgan fingerprint density at radius 2 is 2.29 bits per heavy atom. The number of nitrogens with one attached hydrogen (secondary N) is 3. The van der Waals surface area contributed by atoms with Crippen molar-refractivity contribution in [1.82, 2.24) is 16.0 Å². The van der Waals surface area contributed by atoms with Gasteiger partial charge < -0.3 is 16.0 Å². The number of amides is 2. The normalized spacial score (nSPS) is 31.6. The van der Waals surface area contributed by atoms with Crippen molar-refractivity contribution in [3.8, 4) is 0 Å². The molecule has 2 heterocycles. The van der Waals surface area contributed by atoms with Crippen molar-refractivity contribution in [3.05, 3.63) is 0 Å². The first-order valence-electron chi connectivity index (χ1n) is 5.03. The second-order valence-corrected chi connectivity index (χ2v) is 3.90. The van der Waals surface area contributed by atoms with E-state index in [9.17, 15) is 9.59 Å². The van der Waals surface area contributed by atoms with Crippen molar-refractivity contribution in [1.29, 1.82) is 0 Å². The van der Waals surface area contributed by atoms with Crippen molar-refractivity contribution >= 4 is 11.8 Å². The van der Waals surface area contributed by atoms with Crippen LogP contribution in [0.25, 0.3) is 0 Å². The molecular weight excluding hydrogens is 182 g/mol. The van der Waals surface area contributed by atoms with E-state index in [1.165, 1.54) is 0 Å². The zero-order chi connectivity index (χ0) is 9.97. The van der Waals surface area contributed by atoms with Gasteiger partial charge in [-0.2, -0.15) is 0 Å². The monoisotopic (exact) mass is 197 g/mol. The topological polar surface area (TPSA) is 70.2 Å². The summed E-state index contributed by atoms with van der Waals surface area (Å²) < 4.78 is 0. The lowest BCUT2D eigenvalue weighted by atomic mass is 10.1. The lowest BCUT2D eigenvalue weighted by Crippen LogP contribution is -2.40. The number of hydrogen-bond acceptors (Lipinski definition) is 3. The highest BCUT2D eigenvalue weighted by molar-refractivity contribution is 5.89. The maximum atomic E-state index is 11.6. The molecule has 0 radical (unpaired) electrons. The van der Waals surface area contributed by atoms with Gasteiger partial charge in [0.15, 0.2) is 0 Å². The average Bonchev–Trinajstić information content (AvgIpc) is 2.75. The molecule has 0 spiro atoms. The molecule has 2 rings (SSSR count). The van der Waals surface area contributed by atoms with Crippen molar-refractivity contribution in [2.75, 3.05) is 19.6 Å². The number of carbonyl (C=O) groups is 2. The van der Waals surface area contributed by atoms with Gasteiger partial charge in [0.2, 0.25) is 11.8 Å². The molecular formula is C9H15N3O2. The van der Waals surface area contributed by atoms with Crippen molar-refractivity contribution in [2.45, 2.75) is 18.9 Å². The summed E-state index contributed by atoms with van der Waals surface area (Å²) in [5.74, 6) is -0.171. The van der Waals surface area contributed by atoms with Crippen LogP contribution in [0.1, 0.15) is 12.8 Å². The van der Waals surface area contributed by atoms with Crippen LogP contribution in [0.2, 0.25) is 0 Å². The molecule has 2 atom stereocenters. The Morgan fingerprint density at radius 1 is 1.43 bits per heavy atom. The fourth-order valence-corrected chi connectivity index (χ4v) is 1.89. The van der Waals surface area contributed by atoms with Crippen LogP contribution in [0, 0.1) is 5.92 Å². The molecule has 0 bridgehead atoms. The van der Waals surface area contributed by atoms with E-state index in [1.807, 2.05) is 0 Å². The summed E-state index contributed by atoms with van der Waals surface area (Å²) in [7, 11) is 0. The minimum atomic E-state index is -0.164. The maximum Gasteiger partial charge on any atom is 0.225 e. The quantitative estimate of drug-likeness (QED) is 0.510. The summed E-state index contributed by atoms with van der Waals surface area (Å²) in [4.78, 5) is 22.5. The first-order valence-corrected chi connectivity index (χ1v) is 5.03. The summed E-state index contributed by atoms with van der Waals surface area (Å²) in [6.45, 7) is 2.30. The van der Waals surface area contributed by atoms with Crippen LogP contribution >= 0.6 is 0 Å². The van der Waals surface area contributed by atoms with Gasteiger partial charge in [0.05, 0.1) is 5.92 Å². The number of hydrogen-bond donors (Lipinski definition) is 3. The van der Waals surface area contributed by atoms with Gasteiger partial charge in [-0.25, -0.2) is 0 Å². The molecule has 2 aliphatic rings. The Bertz CT molecular complexity index is 248. The Labute approximate surface area is 82.6 Å². The molecule has 0 aliphatic carbocycles. The minimum absolute atomic E-state index is 0.0112. The first-order chi connectivity index (χ1) is 6.75. The molecule has 5 heteroatoms. The van der Waals surface area contributed by atoms with Crippen LogP contribution in [0.4, 0.5) is 0 Å². The third-order valence-electron chi connectivity index (χ3n) is 2.75. The van der Waals surface area contributed by atoms with Crippen LogP contribution in [-0.4, -0.2) is 37.5 Å². The Hall–Kier alpha value is -1.10. The van der Waals surface area contributed by atoms with Crippen molar-refractivity contribution in [3.63, 3.8) is 0 Å². The van der Waals surface area contributed by atoms with E-state index in [0.717, 1.165) is 19.5 Å². The molecule has 14 heavy (non-hydrogen) atoms. The molecule has 78 valence electrons. The van der Waals surface area contributed by atoms with E-state index in [2.05, 4.69) is 16.0 Å². The van der Waals surface area contributed by atoms with Crippen LogP contribution in [-0.2, 0) is 9.59 Å². The Balaban J connectivity index is 1.80. The summed E-state index contributed by atoms with van der Waals surface area (Å²) in [5, 5.41) is 8.79. The fourth-order valence-electron chi connectivity index (χ4n) is 1.89. The van der Waals surface area contributed by atoms with Crippen LogP contribution in [0.5, 0.6) is 0 Å². The van der Waals surface area contributed by atoms with Crippen LogP contribution < -0.4 is 16.0 Å². The third kappa shape index (κ3) is 2.04. The molecule has 2 aliphatic heterocycles. The van der Waals surface area contributed by atoms with Gasteiger partial charge in [-0.15, -0.1) is 0 Å². The highest BCUT2D eigenvalue weighted by Gasteiger charge is 2.29. The zero-order valence-corrected chi connectivity index (χ0v) is 8.01. The molecule has 0 aromatic rings. The predicted octanol–water partition coefficient (Wildman–Crippen LogP) is -1.40. The van der Waals surface area contributed by atoms with Crippen molar-refractivity contribution in [2.24, 2.45) is 5.92 Å². The zero-order valence-electron chi connectivity index (χ0n) is 8.01. The van der Waals surface area contributed by atoms with Gasteiger partial charge in [-0.3, -0.25) is 9.59 Å². The third-order valence-corrected chi connectivity index (χ3v) is 2.75. The van der Waals surface area contributed by atoms with Gasteiger partial charge in [0.1, 0.15) is 0 Å². The Morgan fingerprint density at radius 3 is 2.86 bits per heavy atom. The molecule has 2 saturated heterocycles. The first kappa shape index (κ1) is 9.45. The molecule has 0 aromatic carbocycles. The minimum Gasteiger partial charge on any atom is -0.355 e. The molecule has 2 fully saturated rings. The summed E-state index contributed by atoms with van der Waals surface area (Å²) in [6.07, 6.45) is 1.33. The SMILES string of the molecule is O=C1CC(C(=O)NC2CCNC2)CN1. The Kier molecular flexibility index (Phi) is 2.67. The molecule has 0 saturated carbocycles. The molecule has 5 nitrogen and oxygen atoms in total. The molecule has 2 unspecified atom stereocenters. The smallest absolute Gasteiger partial charge is 0.225 e. The highest BCUT2D eigenvalue weighted by atomic mass is 16.2. The van der Waals surface area contributed by atoms with Gasteiger partial charge in [-0.05, 0) is 13.0 Å². The molecule has 0 aromatic heterocycles. The van der Waals surface area contributed by atoms with E-state index >= 15 is 0 Å². The van der Waals surface area contributed by atoms with Gasteiger partial charge in [0, 0.05) is 25.6 Å². The van der Waals surface area contributed by atoms with Crippen LogP contribution in [0.3, 0.4) is 0 Å². The average molecular weight is 197 g/mol. The van der Waals surface area contributed by atoms with E-state index in [0.29, 0.717) is 13.0 Å². The lowest BCUT2D eigenvalue weighted by molar-refractivity contribution is -0.127. The van der Waals surface area contributed by atoms with E-state index in [-0.39, 0.29) is 23.8 Å². The van der Waals surface area contributed by atoms with E-state index < -0.39 is 0 Å². The van der Waals surface area contributed by atoms with Crippen molar-refractivity contribution < 1.29 is 9.59 Å². The van der Waals surface area contributed by atoms with E-state index in [1.54, 1.807) is 0 Å². The summed E-state index contributed by atoms with van der Waals surface area (Å²) in [6, 6.07) is 0.248. The van der Waals surface area contributed by atoms with Crippen LogP contribution in [0.15, 0.2) is 0 Å². The molecule has 2 amide bonds. The second-order valence-electron chi connectivity index (χ2n) is 3.90. The van der Waals surface area contributed by atoms with E-state index in [4.69, 9.17) is 0 Å².